The number of aliphatic hydroxyl groups is 1. The summed E-state index contributed by atoms with van der Waals surface area (Å²) >= 11 is 0. The Morgan fingerprint density at radius 3 is 2.31 bits per heavy atom. The summed E-state index contributed by atoms with van der Waals surface area (Å²) in [7, 11) is 5.15. The number of anilines is 1. The molecule has 0 aliphatic carbocycles. The number of fused-ring (bicyclic) bond motifs is 1. The number of cyclic esters (lactones) is 1. The number of carbonyl (C=O) groups excluding carboxylic acids is 5. The van der Waals surface area contributed by atoms with Crippen LogP contribution in [0.2, 0.25) is 0 Å². The van der Waals surface area contributed by atoms with Crippen molar-refractivity contribution in [3.05, 3.63) is 78.9 Å². The Bertz CT molecular complexity index is 2310. The van der Waals surface area contributed by atoms with Gasteiger partial charge in [-0.3, -0.25) is 19.5 Å². The summed E-state index contributed by atoms with van der Waals surface area (Å²) in [6.45, 7) is 13.4. The maximum atomic E-state index is 14.8. The number of rotatable bonds is 11. The Morgan fingerprint density at radius 1 is 0.971 bits per heavy atom. The van der Waals surface area contributed by atoms with Crippen molar-refractivity contribution >= 4 is 41.8 Å². The van der Waals surface area contributed by atoms with Crippen molar-refractivity contribution < 1.29 is 57.5 Å². The largest absolute Gasteiger partial charge is 0.458 e. The molecule has 0 spiro atoms. The summed E-state index contributed by atoms with van der Waals surface area (Å²) in [6.07, 6.45) is 1.15. The number of ketones is 1. The predicted octanol–water partition coefficient (Wildman–Crippen LogP) is 6.20. The number of alkyl carbamates (subject to hydrolysis) is 2. The number of aromatic nitrogens is 3. The first-order valence-corrected chi connectivity index (χ1v) is 23.9. The molecule has 6 rings (SSSR count). The average molecular weight is 972 g/mol. The SMILES string of the molecule is CC[C@H]1OC(=O)[C@H](C)[C@@H](OC(=O)N(C)c2cccnc2)[C@H](C)[C@@H](O[C@@H]2O[C@H](C)C[C@H](N(C)C)[C@H]2O)[C@](C)(OC(=O)NC/C=C/c2ccc(-c3ncccn3)cc2)C[C@@H](C)C(=O)[C@H](C)[C@H]2NC(=O)O[C@@]21C. The van der Waals surface area contributed by atoms with Gasteiger partial charge in [-0.25, -0.2) is 24.4 Å². The molecule has 3 fully saturated rings. The molecule has 14 atom stereocenters. The third-order valence-electron chi connectivity index (χ3n) is 13.9. The van der Waals surface area contributed by atoms with Crippen LogP contribution in [0, 0.1) is 23.7 Å². The minimum absolute atomic E-state index is 0.0277. The monoisotopic (exact) mass is 972 g/mol. The molecule has 0 unspecified atom stereocenters. The number of hydrogen-bond donors (Lipinski definition) is 3. The number of esters is 1. The quantitative estimate of drug-likeness (QED) is 0.144. The van der Waals surface area contributed by atoms with Gasteiger partial charge in [0.05, 0.1) is 29.9 Å². The molecule has 0 bridgehead atoms. The van der Waals surface area contributed by atoms with Crippen molar-refractivity contribution in [2.75, 3.05) is 32.6 Å². The van der Waals surface area contributed by atoms with E-state index in [1.165, 1.54) is 18.1 Å². The van der Waals surface area contributed by atoms with E-state index in [-0.39, 0.29) is 25.2 Å². The molecule has 380 valence electrons. The lowest BCUT2D eigenvalue weighted by molar-refractivity contribution is -0.298. The molecule has 0 saturated carbocycles. The molecule has 3 aliphatic heterocycles. The summed E-state index contributed by atoms with van der Waals surface area (Å²) in [5.74, 6) is -4.63. The lowest BCUT2D eigenvalue weighted by Gasteiger charge is -2.48. The van der Waals surface area contributed by atoms with Crippen molar-refractivity contribution in [1.29, 1.82) is 0 Å². The van der Waals surface area contributed by atoms with Gasteiger partial charge in [0.2, 0.25) is 0 Å². The second-order valence-electron chi connectivity index (χ2n) is 19.4. The fourth-order valence-electron chi connectivity index (χ4n) is 10.1. The highest BCUT2D eigenvalue weighted by atomic mass is 16.7. The third-order valence-corrected chi connectivity index (χ3v) is 13.9. The van der Waals surface area contributed by atoms with Gasteiger partial charge in [0.25, 0.3) is 0 Å². The van der Waals surface area contributed by atoms with E-state index in [1.807, 2.05) is 56.3 Å². The van der Waals surface area contributed by atoms with E-state index in [9.17, 15) is 29.1 Å². The van der Waals surface area contributed by atoms with Gasteiger partial charge >= 0.3 is 24.2 Å². The minimum Gasteiger partial charge on any atom is -0.458 e. The van der Waals surface area contributed by atoms with Crippen molar-refractivity contribution in [1.82, 2.24) is 30.5 Å². The molecule has 3 saturated heterocycles. The fraction of sp³-hybridized carbons (Fsp3) is 0.569. The first kappa shape index (κ1) is 53.3. The van der Waals surface area contributed by atoms with E-state index in [1.54, 1.807) is 91.3 Å². The van der Waals surface area contributed by atoms with Crippen molar-refractivity contribution in [2.45, 2.75) is 135 Å². The van der Waals surface area contributed by atoms with E-state index < -0.39 is 108 Å². The van der Waals surface area contributed by atoms with E-state index >= 15 is 0 Å². The van der Waals surface area contributed by atoms with Gasteiger partial charge in [0.1, 0.15) is 35.8 Å². The molecule has 19 nitrogen and oxygen atoms in total. The Balaban J connectivity index is 1.41. The summed E-state index contributed by atoms with van der Waals surface area (Å²) in [4.78, 5) is 86.8. The van der Waals surface area contributed by atoms with Crippen LogP contribution < -0.4 is 15.5 Å². The maximum absolute atomic E-state index is 14.8. The molecule has 2 aromatic heterocycles. The number of pyridine rings is 1. The van der Waals surface area contributed by atoms with Crippen LogP contribution >= 0.6 is 0 Å². The van der Waals surface area contributed by atoms with E-state index in [2.05, 4.69) is 25.6 Å². The molecule has 19 heteroatoms. The molecule has 1 aromatic carbocycles. The molecular weight excluding hydrogens is 903 g/mol. The van der Waals surface area contributed by atoms with Crippen molar-refractivity contribution in [3.8, 4) is 11.4 Å². The fourth-order valence-corrected chi connectivity index (χ4v) is 10.1. The maximum Gasteiger partial charge on any atom is 0.414 e. The van der Waals surface area contributed by atoms with Crippen LogP contribution in [-0.4, -0.2) is 143 Å². The number of Topliss-reactive ketones (excluding diaryl/α,β-unsaturated/α-hetero) is 1. The van der Waals surface area contributed by atoms with Gasteiger partial charge in [-0.2, -0.15) is 0 Å². The van der Waals surface area contributed by atoms with Crippen LogP contribution in [0.25, 0.3) is 17.5 Å². The molecule has 5 heterocycles. The Hall–Kier alpha value is -6.02. The second-order valence-corrected chi connectivity index (χ2v) is 19.4. The number of likely N-dealkylation sites (N-methyl/N-ethyl adjacent to an activating group) is 1. The summed E-state index contributed by atoms with van der Waals surface area (Å²) in [5, 5.41) is 17.5. The van der Waals surface area contributed by atoms with Crippen molar-refractivity contribution in [3.63, 3.8) is 0 Å². The lowest BCUT2D eigenvalue weighted by atomic mass is 9.73. The van der Waals surface area contributed by atoms with Crippen LogP contribution in [0.15, 0.2) is 73.3 Å². The number of nitrogens with zero attached hydrogens (tertiary/aromatic N) is 5. The summed E-state index contributed by atoms with van der Waals surface area (Å²) in [5.41, 5.74) is -1.21. The summed E-state index contributed by atoms with van der Waals surface area (Å²) < 4.78 is 38.1. The molecule has 70 heavy (non-hydrogen) atoms. The average Bonchev–Trinajstić information content (AvgIpc) is 3.66. The Kier molecular flexibility index (Phi) is 17.4. The predicted molar refractivity (Wildman–Crippen MR) is 258 cm³/mol. The zero-order valence-corrected chi connectivity index (χ0v) is 41.9. The lowest BCUT2D eigenvalue weighted by Crippen LogP contribution is -2.61. The zero-order chi connectivity index (χ0) is 51.1. The number of carbonyl (C=O) groups is 5. The molecule has 0 radical (unpaired) electrons. The molecule has 3 aliphatic rings. The van der Waals surface area contributed by atoms with Gasteiger partial charge in [-0.1, -0.05) is 64.1 Å². The van der Waals surface area contributed by atoms with E-state index in [0.29, 0.717) is 17.9 Å². The topological polar surface area (TPSA) is 230 Å². The Labute approximate surface area is 410 Å². The first-order valence-electron chi connectivity index (χ1n) is 23.9. The number of ether oxygens (including phenoxy) is 6. The smallest absolute Gasteiger partial charge is 0.414 e. The Morgan fingerprint density at radius 2 is 1.67 bits per heavy atom. The number of benzene rings is 1. The third kappa shape index (κ3) is 12.1. The van der Waals surface area contributed by atoms with Crippen molar-refractivity contribution in [2.24, 2.45) is 23.7 Å². The van der Waals surface area contributed by atoms with Gasteiger partial charge < -0.3 is 49.1 Å². The first-order chi connectivity index (χ1) is 33.2. The zero-order valence-electron chi connectivity index (χ0n) is 41.9. The van der Waals surface area contributed by atoms with Crippen LogP contribution in [0.1, 0.15) is 80.2 Å². The molecule has 3 N–H and O–H groups in total. The molecule has 3 aromatic rings. The van der Waals surface area contributed by atoms with E-state index in [0.717, 1.165) is 11.1 Å². The molecular formula is C51H69N7O12. The highest BCUT2D eigenvalue weighted by Crippen LogP contribution is 2.42. The van der Waals surface area contributed by atoms with Crippen LogP contribution in [0.3, 0.4) is 0 Å². The highest BCUT2D eigenvalue weighted by molar-refractivity contribution is 5.87. The van der Waals surface area contributed by atoms with Crippen LogP contribution in [0.5, 0.6) is 0 Å². The minimum atomic E-state index is -1.80. The number of amides is 3. The molecule has 3 amide bonds. The van der Waals surface area contributed by atoms with Gasteiger partial charge in [-0.05, 0) is 84.8 Å². The van der Waals surface area contributed by atoms with Crippen LogP contribution in [-0.2, 0) is 38.0 Å². The second kappa shape index (κ2) is 22.8. The normalized spacial score (nSPS) is 33.0. The van der Waals surface area contributed by atoms with Gasteiger partial charge in [-0.15, -0.1) is 0 Å². The summed E-state index contributed by atoms with van der Waals surface area (Å²) in [6, 6.07) is 11.3. The number of hydrogen-bond acceptors (Lipinski definition) is 16. The number of aliphatic hydroxyl groups excluding tert-OH is 1. The standard InChI is InChI=1S/C51H69N7O12/c1-12-38-51(8)42(56-48(63)70-51)31(4)39(59)29(2)27-50(7,69-47(62)55-23-13-16-34-18-20-35(21-19-34)44-53-24-15-25-54-44)43(68-46-40(60)37(57(9)10)26-30(3)65-46)32(5)41(33(6)45(61)66-38)67-49(64)58(11)36-17-14-22-52-28-36/h13-22,24-25,28-33,37-38,40-43,46,60H,12,23,26-27H2,1-11H3,(H,55,62)(H,56,63)/b16-13+/t29-,30-,31+,32+,33-,37+,38-,40-,41+,42-,43-,46+,50-,51-/m1/s1. The van der Waals surface area contributed by atoms with Gasteiger partial charge in [0.15, 0.2) is 17.7 Å². The van der Waals surface area contributed by atoms with Gasteiger partial charge in [0, 0.05) is 61.5 Å². The number of nitrogens with one attached hydrogen (secondary N) is 2. The highest BCUT2D eigenvalue weighted by Gasteiger charge is 2.58. The van der Waals surface area contributed by atoms with Crippen LogP contribution in [0.4, 0.5) is 20.1 Å². The van der Waals surface area contributed by atoms with E-state index in [4.69, 9.17) is 28.4 Å².